The largest absolute Gasteiger partial charge is 0.416 e. The number of β-amino-alcohol motifs (C(OH)–C–C–N with tert-alkyl or cyclic N) is 1. The van der Waals surface area contributed by atoms with Gasteiger partial charge in [-0.15, -0.1) is 0 Å². The van der Waals surface area contributed by atoms with Crippen molar-refractivity contribution in [3.8, 4) is 0 Å². The first-order valence-corrected chi connectivity index (χ1v) is 11.2. The Morgan fingerprint density at radius 1 is 0.824 bits per heavy atom. The van der Waals surface area contributed by atoms with Crippen molar-refractivity contribution in [1.29, 1.82) is 0 Å². The van der Waals surface area contributed by atoms with Gasteiger partial charge < -0.3 is 10.0 Å². The van der Waals surface area contributed by atoms with E-state index in [2.05, 4.69) is 9.80 Å². The fourth-order valence-corrected chi connectivity index (χ4v) is 4.69. The zero-order valence-electron chi connectivity index (χ0n) is 18.1. The number of aliphatic hydroxyl groups is 1. The van der Waals surface area contributed by atoms with Gasteiger partial charge >= 0.3 is 12.4 Å². The SMILES string of the molecule is O[C@@H]1CN(c2cc(C(F)(F)F)cc(C(F)(F)F)c2)C[C@H]1N1CCN(Cc2ccc(Cl)cc2)CC1. The van der Waals surface area contributed by atoms with Crippen LogP contribution < -0.4 is 4.90 Å². The van der Waals surface area contributed by atoms with Crippen LogP contribution in [0.25, 0.3) is 0 Å². The van der Waals surface area contributed by atoms with Crippen LogP contribution in [0.15, 0.2) is 42.5 Å². The van der Waals surface area contributed by atoms with E-state index in [0.717, 1.165) is 25.2 Å². The highest BCUT2D eigenvalue weighted by Gasteiger charge is 2.40. The molecule has 2 aliphatic heterocycles. The quantitative estimate of drug-likeness (QED) is 0.605. The van der Waals surface area contributed by atoms with Crippen LogP contribution in [0.5, 0.6) is 0 Å². The molecule has 2 aromatic carbocycles. The summed E-state index contributed by atoms with van der Waals surface area (Å²) in [6.45, 7) is 3.60. The van der Waals surface area contributed by atoms with Crippen LogP contribution in [0.3, 0.4) is 0 Å². The fourth-order valence-electron chi connectivity index (χ4n) is 4.56. The molecule has 2 saturated heterocycles. The number of anilines is 1. The predicted octanol–water partition coefficient (Wildman–Crippen LogP) is 4.74. The molecule has 2 aliphatic rings. The van der Waals surface area contributed by atoms with Crippen molar-refractivity contribution >= 4 is 17.3 Å². The van der Waals surface area contributed by atoms with Crippen LogP contribution in [0, 0.1) is 0 Å². The Bertz CT molecular complexity index is 957. The first-order chi connectivity index (χ1) is 15.9. The molecule has 11 heteroatoms. The van der Waals surface area contributed by atoms with E-state index >= 15 is 0 Å². The molecule has 2 aromatic rings. The third kappa shape index (κ3) is 5.79. The summed E-state index contributed by atoms with van der Waals surface area (Å²) in [5.74, 6) is 0. The lowest BCUT2D eigenvalue weighted by Crippen LogP contribution is -2.53. The van der Waals surface area contributed by atoms with Crippen LogP contribution in [-0.4, -0.2) is 66.3 Å². The number of benzene rings is 2. The number of piperazine rings is 1. The molecule has 2 heterocycles. The molecule has 186 valence electrons. The van der Waals surface area contributed by atoms with Crippen LogP contribution in [0.1, 0.15) is 16.7 Å². The van der Waals surface area contributed by atoms with Gasteiger partial charge in [0.25, 0.3) is 0 Å². The van der Waals surface area contributed by atoms with Crippen LogP contribution >= 0.6 is 11.6 Å². The van der Waals surface area contributed by atoms with Gasteiger partial charge in [0.1, 0.15) is 0 Å². The van der Waals surface area contributed by atoms with Gasteiger partial charge in [-0.1, -0.05) is 23.7 Å². The number of hydrogen-bond acceptors (Lipinski definition) is 4. The number of aliphatic hydroxyl groups excluding tert-OH is 1. The summed E-state index contributed by atoms with van der Waals surface area (Å²) >= 11 is 5.92. The second-order valence-electron chi connectivity index (χ2n) is 8.74. The van der Waals surface area contributed by atoms with E-state index in [9.17, 15) is 31.4 Å². The first-order valence-electron chi connectivity index (χ1n) is 10.8. The second-order valence-corrected chi connectivity index (χ2v) is 9.18. The van der Waals surface area contributed by atoms with Gasteiger partial charge in [-0.05, 0) is 35.9 Å². The van der Waals surface area contributed by atoms with E-state index in [4.69, 9.17) is 11.6 Å². The Morgan fingerprint density at radius 3 is 1.91 bits per heavy atom. The maximum absolute atomic E-state index is 13.2. The molecule has 0 aromatic heterocycles. The lowest BCUT2D eigenvalue weighted by molar-refractivity contribution is -0.143. The number of rotatable bonds is 4. The molecule has 4 nitrogen and oxygen atoms in total. The number of hydrogen-bond donors (Lipinski definition) is 1. The highest BCUT2D eigenvalue weighted by Crippen LogP contribution is 2.39. The zero-order valence-corrected chi connectivity index (χ0v) is 18.8. The van der Waals surface area contributed by atoms with Gasteiger partial charge in [-0.3, -0.25) is 9.80 Å². The normalized spacial score (nSPS) is 23.0. The van der Waals surface area contributed by atoms with E-state index in [1.54, 1.807) is 0 Å². The van der Waals surface area contributed by atoms with E-state index in [-0.39, 0.29) is 30.9 Å². The minimum atomic E-state index is -4.91. The molecular formula is C23H24ClF6N3O. The van der Waals surface area contributed by atoms with Crippen molar-refractivity contribution in [3.63, 3.8) is 0 Å². The lowest BCUT2D eigenvalue weighted by atomic mass is 10.1. The highest BCUT2D eigenvalue weighted by atomic mass is 35.5. The van der Waals surface area contributed by atoms with E-state index < -0.39 is 29.6 Å². The molecular weight excluding hydrogens is 484 g/mol. The molecule has 1 N–H and O–H groups in total. The van der Waals surface area contributed by atoms with Crippen LogP contribution in [0.4, 0.5) is 32.0 Å². The topological polar surface area (TPSA) is 30.0 Å². The Kier molecular flexibility index (Phi) is 7.06. The molecule has 4 rings (SSSR count). The van der Waals surface area contributed by atoms with Crippen molar-refractivity contribution in [3.05, 3.63) is 64.2 Å². The maximum atomic E-state index is 13.2. The summed E-state index contributed by atoms with van der Waals surface area (Å²) in [4.78, 5) is 5.71. The Labute approximate surface area is 198 Å². The summed E-state index contributed by atoms with van der Waals surface area (Å²) in [6, 6.07) is 8.75. The predicted molar refractivity (Wildman–Crippen MR) is 117 cm³/mol. The molecule has 0 bridgehead atoms. The minimum absolute atomic E-state index is 0.0335. The molecule has 0 unspecified atom stereocenters. The second kappa shape index (κ2) is 9.56. The van der Waals surface area contributed by atoms with Crippen LogP contribution in [-0.2, 0) is 18.9 Å². The molecule has 0 radical (unpaired) electrons. The van der Waals surface area contributed by atoms with Gasteiger partial charge in [0.2, 0.25) is 0 Å². The summed E-state index contributed by atoms with van der Waals surface area (Å²) in [5, 5.41) is 11.3. The van der Waals surface area contributed by atoms with Gasteiger partial charge in [0, 0.05) is 56.5 Å². The average Bonchev–Trinajstić information content (AvgIpc) is 3.16. The Hall–Kier alpha value is -2.01. The summed E-state index contributed by atoms with van der Waals surface area (Å²) < 4.78 is 79.4. The minimum Gasteiger partial charge on any atom is -0.390 e. The molecule has 0 amide bonds. The van der Waals surface area contributed by atoms with Gasteiger partial charge in [0.05, 0.1) is 23.3 Å². The third-order valence-corrected chi connectivity index (χ3v) is 6.64. The monoisotopic (exact) mass is 507 g/mol. The zero-order chi connectivity index (χ0) is 24.7. The summed E-state index contributed by atoms with van der Waals surface area (Å²) in [6.07, 6.45) is -10.7. The molecule has 34 heavy (non-hydrogen) atoms. The summed E-state index contributed by atoms with van der Waals surface area (Å²) in [5.41, 5.74) is -1.78. The van der Waals surface area contributed by atoms with Gasteiger partial charge in [-0.2, -0.15) is 26.3 Å². The Balaban J connectivity index is 1.42. The number of halogens is 7. The molecule has 2 fully saturated rings. The lowest BCUT2D eigenvalue weighted by Gasteiger charge is -2.38. The van der Waals surface area contributed by atoms with Gasteiger partial charge in [-0.25, -0.2) is 0 Å². The van der Waals surface area contributed by atoms with Crippen LogP contribution in [0.2, 0.25) is 5.02 Å². The van der Waals surface area contributed by atoms with E-state index in [0.29, 0.717) is 30.2 Å². The number of nitrogens with zero attached hydrogens (tertiary/aromatic N) is 3. The maximum Gasteiger partial charge on any atom is 0.416 e. The van der Waals surface area contributed by atoms with E-state index in [1.807, 2.05) is 24.3 Å². The number of alkyl halides is 6. The summed E-state index contributed by atoms with van der Waals surface area (Å²) in [7, 11) is 0. The molecule has 0 saturated carbocycles. The molecule has 0 spiro atoms. The fraction of sp³-hybridized carbons (Fsp3) is 0.478. The first kappa shape index (κ1) is 25.1. The molecule has 0 aliphatic carbocycles. The standard InChI is InChI=1S/C23H24ClF6N3O/c24-18-3-1-15(2-4-18)12-31-5-7-32(8-6-31)20-13-33(14-21(20)34)19-10-16(22(25,26)27)9-17(11-19)23(28,29)30/h1-4,9-11,20-21,34H,5-8,12-14H2/t20-,21-/m1/s1. The van der Waals surface area contributed by atoms with Crippen molar-refractivity contribution in [2.24, 2.45) is 0 Å². The van der Waals surface area contributed by atoms with E-state index in [1.165, 1.54) is 4.90 Å². The third-order valence-electron chi connectivity index (χ3n) is 6.39. The average molecular weight is 508 g/mol. The smallest absolute Gasteiger partial charge is 0.390 e. The van der Waals surface area contributed by atoms with Gasteiger partial charge in [0.15, 0.2) is 0 Å². The molecule has 2 atom stereocenters. The van der Waals surface area contributed by atoms with Crippen molar-refractivity contribution in [1.82, 2.24) is 9.80 Å². The van der Waals surface area contributed by atoms with Crippen molar-refractivity contribution in [2.75, 3.05) is 44.2 Å². The van der Waals surface area contributed by atoms with Crippen molar-refractivity contribution in [2.45, 2.75) is 31.0 Å². The highest BCUT2D eigenvalue weighted by molar-refractivity contribution is 6.30. The Morgan fingerprint density at radius 2 is 1.38 bits per heavy atom. The van der Waals surface area contributed by atoms with Crippen molar-refractivity contribution < 1.29 is 31.4 Å².